The molecule has 1 aliphatic heterocycles. The molecule has 7 heteroatoms. The fraction of sp³-hybridized carbons (Fsp3) is 0.296. The van der Waals surface area contributed by atoms with Gasteiger partial charge in [0.25, 0.3) is 0 Å². The van der Waals surface area contributed by atoms with Gasteiger partial charge in [-0.3, -0.25) is 0 Å². The number of rotatable bonds is 7. The van der Waals surface area contributed by atoms with Crippen LogP contribution in [-0.4, -0.2) is 44.5 Å². The molecule has 0 amide bonds. The molecule has 0 radical (unpaired) electrons. The summed E-state index contributed by atoms with van der Waals surface area (Å²) < 4.78 is 22.9. The Morgan fingerprint density at radius 2 is 1.56 bits per heavy atom. The minimum atomic E-state index is -0.127. The van der Waals surface area contributed by atoms with Gasteiger partial charge in [0.1, 0.15) is 6.61 Å². The molecule has 0 saturated carbocycles. The van der Waals surface area contributed by atoms with Crippen molar-refractivity contribution in [3.05, 3.63) is 77.4 Å². The number of hydrogen-bond donors (Lipinski definition) is 1. The molecule has 0 fully saturated rings. The molecule has 34 heavy (non-hydrogen) atoms. The number of ether oxygens (including phenoxy) is 4. The predicted octanol–water partition coefficient (Wildman–Crippen LogP) is 5.40. The summed E-state index contributed by atoms with van der Waals surface area (Å²) in [5, 5.41) is 4.09. The third-order valence-corrected chi connectivity index (χ3v) is 6.45. The van der Waals surface area contributed by atoms with Crippen LogP contribution in [0.2, 0.25) is 0 Å². The maximum absolute atomic E-state index is 6.28. The lowest BCUT2D eigenvalue weighted by molar-refractivity contribution is 0.185. The van der Waals surface area contributed by atoms with E-state index in [0.717, 1.165) is 35.5 Å². The topological polar surface area (TPSA) is 52.2 Å². The summed E-state index contributed by atoms with van der Waals surface area (Å²) in [5.74, 6) is 2.79. The van der Waals surface area contributed by atoms with Crippen molar-refractivity contribution in [3.63, 3.8) is 0 Å². The summed E-state index contributed by atoms with van der Waals surface area (Å²) >= 11 is 5.89. The minimum Gasteiger partial charge on any atom is -0.493 e. The third-order valence-electron chi connectivity index (χ3n) is 6.12. The zero-order valence-electron chi connectivity index (χ0n) is 20.0. The molecule has 0 aliphatic carbocycles. The highest BCUT2D eigenvalue weighted by Gasteiger charge is 2.32. The molecule has 1 atom stereocenters. The molecule has 0 spiro atoms. The molecule has 178 valence electrons. The molecule has 0 saturated heterocycles. The molecule has 4 rings (SSSR count). The molecule has 0 aromatic heterocycles. The van der Waals surface area contributed by atoms with Gasteiger partial charge in [-0.1, -0.05) is 30.3 Å². The normalized spacial score (nSPS) is 14.7. The number of anilines is 1. The Morgan fingerprint density at radius 3 is 2.26 bits per heavy atom. The number of para-hydroxylation sites is 3. The van der Waals surface area contributed by atoms with E-state index in [1.165, 1.54) is 5.56 Å². The maximum atomic E-state index is 6.28. The van der Waals surface area contributed by atoms with Gasteiger partial charge in [0, 0.05) is 12.2 Å². The molecule has 1 unspecified atom stereocenters. The molecular formula is C27H30N2O4S. The van der Waals surface area contributed by atoms with Gasteiger partial charge in [0.2, 0.25) is 0 Å². The summed E-state index contributed by atoms with van der Waals surface area (Å²) in [5.41, 5.74) is 4.43. The van der Waals surface area contributed by atoms with E-state index in [9.17, 15) is 0 Å². The number of methoxy groups -OCH3 is 3. The van der Waals surface area contributed by atoms with Gasteiger partial charge in [0.15, 0.2) is 28.1 Å². The van der Waals surface area contributed by atoms with Gasteiger partial charge in [-0.25, -0.2) is 0 Å². The van der Waals surface area contributed by atoms with Crippen LogP contribution in [0.3, 0.4) is 0 Å². The van der Waals surface area contributed by atoms with Crippen LogP contribution in [0, 0.1) is 6.92 Å². The number of nitrogens with one attached hydrogen (secondary N) is 1. The second kappa shape index (κ2) is 10.7. The molecule has 1 aliphatic rings. The van der Waals surface area contributed by atoms with E-state index < -0.39 is 0 Å². The first-order chi connectivity index (χ1) is 16.5. The minimum absolute atomic E-state index is 0.127. The molecule has 6 nitrogen and oxygen atoms in total. The zero-order chi connectivity index (χ0) is 24.1. The molecule has 1 N–H and O–H groups in total. The lowest BCUT2D eigenvalue weighted by Gasteiger charge is -2.39. The van der Waals surface area contributed by atoms with E-state index in [-0.39, 0.29) is 6.04 Å². The van der Waals surface area contributed by atoms with Crippen LogP contribution >= 0.6 is 12.2 Å². The molecule has 3 aromatic rings. The first kappa shape index (κ1) is 23.7. The van der Waals surface area contributed by atoms with Crippen molar-refractivity contribution < 1.29 is 18.9 Å². The smallest absolute Gasteiger partial charge is 0.174 e. The van der Waals surface area contributed by atoms with Crippen LogP contribution < -0.4 is 24.3 Å². The van der Waals surface area contributed by atoms with Gasteiger partial charge in [0.05, 0.1) is 27.4 Å². The Labute approximate surface area is 206 Å². The Morgan fingerprint density at radius 1 is 0.912 bits per heavy atom. The molecular weight excluding hydrogens is 448 g/mol. The molecule has 1 heterocycles. The van der Waals surface area contributed by atoms with E-state index >= 15 is 0 Å². The van der Waals surface area contributed by atoms with E-state index in [1.54, 1.807) is 21.3 Å². The number of benzene rings is 3. The average molecular weight is 479 g/mol. The molecule has 3 aromatic carbocycles. The van der Waals surface area contributed by atoms with Crippen LogP contribution in [-0.2, 0) is 6.42 Å². The van der Waals surface area contributed by atoms with Crippen LogP contribution in [0.4, 0.5) is 5.69 Å². The Balaban J connectivity index is 1.67. The van der Waals surface area contributed by atoms with Crippen molar-refractivity contribution in [1.29, 1.82) is 0 Å². The fourth-order valence-corrected chi connectivity index (χ4v) is 4.59. The number of aryl methyl sites for hydroxylation is 1. The fourth-order valence-electron chi connectivity index (χ4n) is 4.26. The van der Waals surface area contributed by atoms with Gasteiger partial charge < -0.3 is 29.2 Å². The Kier molecular flexibility index (Phi) is 7.43. The van der Waals surface area contributed by atoms with Gasteiger partial charge in [-0.15, -0.1) is 0 Å². The second-order valence-electron chi connectivity index (χ2n) is 8.07. The van der Waals surface area contributed by atoms with Crippen LogP contribution in [0.5, 0.6) is 23.0 Å². The van der Waals surface area contributed by atoms with Crippen molar-refractivity contribution in [2.75, 3.05) is 39.8 Å². The largest absolute Gasteiger partial charge is 0.493 e. The number of fused-ring (bicyclic) bond motifs is 1. The number of nitrogens with zero attached hydrogens (tertiary/aromatic N) is 1. The van der Waals surface area contributed by atoms with Crippen LogP contribution in [0.15, 0.2) is 60.7 Å². The van der Waals surface area contributed by atoms with E-state index in [0.29, 0.717) is 29.0 Å². The number of hydrogen-bond acceptors (Lipinski definition) is 5. The third kappa shape index (κ3) is 4.89. The van der Waals surface area contributed by atoms with E-state index in [2.05, 4.69) is 29.3 Å². The van der Waals surface area contributed by atoms with Gasteiger partial charge in [-0.2, -0.15) is 0 Å². The van der Waals surface area contributed by atoms with Crippen molar-refractivity contribution in [1.82, 2.24) is 4.90 Å². The lowest BCUT2D eigenvalue weighted by atomic mass is 9.92. The summed E-state index contributed by atoms with van der Waals surface area (Å²) in [6, 6.07) is 19.7. The van der Waals surface area contributed by atoms with Gasteiger partial charge in [-0.05, 0) is 72.6 Å². The van der Waals surface area contributed by atoms with Crippen molar-refractivity contribution in [3.8, 4) is 23.0 Å². The average Bonchev–Trinajstić information content (AvgIpc) is 2.87. The Hall–Kier alpha value is -3.45. The highest BCUT2D eigenvalue weighted by atomic mass is 32.1. The number of thiocarbonyl (C=S) groups is 1. The second-order valence-corrected chi connectivity index (χ2v) is 8.46. The summed E-state index contributed by atoms with van der Waals surface area (Å²) in [6.45, 7) is 3.20. The highest BCUT2D eigenvalue weighted by molar-refractivity contribution is 7.80. The van der Waals surface area contributed by atoms with Gasteiger partial charge >= 0.3 is 0 Å². The highest BCUT2D eigenvalue weighted by Crippen LogP contribution is 2.39. The standard InChI is InChI=1S/C27H30N2O4S/c1-18-9-5-6-10-21(18)28-27(34)29-14-13-19-15-25(31-3)26(32-4)16-20(19)22(29)17-33-24-12-8-7-11-23(24)30-2/h5-12,15-16,22H,13-14,17H2,1-4H3,(H,28,34). The zero-order valence-corrected chi connectivity index (χ0v) is 20.8. The van der Waals surface area contributed by atoms with Crippen LogP contribution in [0.1, 0.15) is 22.7 Å². The quantitative estimate of drug-likeness (QED) is 0.457. The van der Waals surface area contributed by atoms with Crippen molar-refractivity contribution in [2.24, 2.45) is 0 Å². The first-order valence-electron chi connectivity index (χ1n) is 11.2. The Bertz CT molecular complexity index is 1170. The maximum Gasteiger partial charge on any atom is 0.174 e. The lowest BCUT2D eigenvalue weighted by Crippen LogP contribution is -2.44. The summed E-state index contributed by atoms with van der Waals surface area (Å²) in [7, 11) is 4.95. The monoisotopic (exact) mass is 478 g/mol. The van der Waals surface area contributed by atoms with E-state index in [4.69, 9.17) is 31.2 Å². The van der Waals surface area contributed by atoms with E-state index in [1.807, 2.05) is 48.5 Å². The summed E-state index contributed by atoms with van der Waals surface area (Å²) in [4.78, 5) is 2.19. The first-order valence-corrected chi connectivity index (χ1v) is 11.6. The van der Waals surface area contributed by atoms with Crippen LogP contribution in [0.25, 0.3) is 0 Å². The van der Waals surface area contributed by atoms with Crippen molar-refractivity contribution >= 4 is 23.0 Å². The SMILES string of the molecule is COc1cc2c(cc1OC)C(COc1ccccc1OC)N(C(=S)Nc1ccccc1C)CC2. The molecule has 0 bridgehead atoms. The summed E-state index contributed by atoms with van der Waals surface area (Å²) in [6.07, 6.45) is 0.830. The van der Waals surface area contributed by atoms with Crippen molar-refractivity contribution in [2.45, 2.75) is 19.4 Å². The predicted molar refractivity (Wildman–Crippen MR) is 139 cm³/mol.